The van der Waals surface area contributed by atoms with Gasteiger partial charge in [0, 0.05) is 0 Å². The van der Waals surface area contributed by atoms with Crippen LogP contribution in [0.4, 0.5) is 0 Å². The van der Waals surface area contributed by atoms with E-state index in [1.807, 2.05) is 19.2 Å². The Labute approximate surface area is 126 Å². The van der Waals surface area contributed by atoms with Crippen LogP contribution in [0, 0.1) is 0 Å². The van der Waals surface area contributed by atoms with Crippen LogP contribution in [-0.2, 0) is 6.42 Å². The summed E-state index contributed by atoms with van der Waals surface area (Å²) in [4.78, 5) is 0. The molecule has 0 fully saturated rings. The van der Waals surface area contributed by atoms with Crippen molar-refractivity contribution >= 4 is 0 Å². The molecule has 21 heavy (non-hydrogen) atoms. The lowest BCUT2D eigenvalue weighted by molar-refractivity contribution is 0.354. The summed E-state index contributed by atoms with van der Waals surface area (Å²) >= 11 is 0. The molecule has 0 aliphatic heterocycles. The Morgan fingerprint density at radius 1 is 0.905 bits per heavy atom. The minimum absolute atomic E-state index is 0.135. The maximum atomic E-state index is 5.39. The van der Waals surface area contributed by atoms with Crippen molar-refractivity contribution < 1.29 is 9.47 Å². The molecule has 3 heteroatoms. The average molecular weight is 285 g/mol. The highest BCUT2D eigenvalue weighted by Gasteiger charge is 2.14. The Bertz CT molecular complexity index is 578. The normalized spacial score (nSPS) is 12.0. The predicted molar refractivity (Wildman–Crippen MR) is 86.3 cm³/mol. The summed E-state index contributed by atoms with van der Waals surface area (Å²) in [6, 6.07) is 14.9. The molecule has 0 saturated heterocycles. The van der Waals surface area contributed by atoms with Gasteiger partial charge >= 0.3 is 0 Å². The number of nitrogens with one attached hydrogen (secondary N) is 1. The Morgan fingerprint density at radius 3 is 2.05 bits per heavy atom. The third-order valence-corrected chi connectivity index (χ3v) is 3.75. The minimum Gasteiger partial charge on any atom is -0.493 e. The zero-order chi connectivity index (χ0) is 15.2. The van der Waals surface area contributed by atoms with Gasteiger partial charge in [-0.25, -0.2) is 0 Å². The molecule has 1 atom stereocenters. The fourth-order valence-corrected chi connectivity index (χ4v) is 2.50. The standard InChI is InChI=1S/C18H23NO2/c1-5-13-6-8-14(9-7-13)18(19-2)15-10-11-16(20-3)17(12-15)21-4/h6-12,18-19H,5H2,1-4H3. The first kappa shape index (κ1) is 15.4. The summed E-state index contributed by atoms with van der Waals surface area (Å²) in [5.74, 6) is 1.50. The van der Waals surface area contributed by atoms with Gasteiger partial charge in [0.2, 0.25) is 0 Å². The molecule has 0 heterocycles. The molecule has 0 aromatic heterocycles. The Morgan fingerprint density at radius 2 is 1.52 bits per heavy atom. The van der Waals surface area contributed by atoms with Crippen LogP contribution < -0.4 is 14.8 Å². The monoisotopic (exact) mass is 285 g/mol. The van der Waals surface area contributed by atoms with Crippen LogP contribution in [0.1, 0.15) is 29.7 Å². The SMILES string of the molecule is CCc1ccc(C(NC)c2ccc(OC)c(OC)c2)cc1. The highest BCUT2D eigenvalue weighted by molar-refractivity contribution is 5.46. The molecule has 0 bridgehead atoms. The summed E-state index contributed by atoms with van der Waals surface area (Å²) in [6.45, 7) is 2.17. The number of methoxy groups -OCH3 is 2. The second-order valence-electron chi connectivity index (χ2n) is 4.93. The second kappa shape index (κ2) is 7.14. The van der Waals surface area contributed by atoms with Crippen molar-refractivity contribution in [2.24, 2.45) is 0 Å². The topological polar surface area (TPSA) is 30.5 Å². The molecule has 3 nitrogen and oxygen atoms in total. The Hall–Kier alpha value is -2.00. The summed E-state index contributed by atoms with van der Waals surface area (Å²) in [6.07, 6.45) is 1.06. The maximum Gasteiger partial charge on any atom is 0.161 e. The van der Waals surface area contributed by atoms with Crippen LogP contribution in [0.25, 0.3) is 0 Å². The number of ether oxygens (including phenoxy) is 2. The molecule has 0 amide bonds. The molecular formula is C18H23NO2. The van der Waals surface area contributed by atoms with E-state index >= 15 is 0 Å². The van der Waals surface area contributed by atoms with Crippen molar-refractivity contribution in [3.8, 4) is 11.5 Å². The maximum absolute atomic E-state index is 5.39. The summed E-state index contributed by atoms with van der Waals surface area (Å²) in [5.41, 5.74) is 3.74. The zero-order valence-electron chi connectivity index (χ0n) is 13.1. The number of benzene rings is 2. The number of hydrogen-bond donors (Lipinski definition) is 1. The zero-order valence-corrected chi connectivity index (χ0v) is 13.1. The highest BCUT2D eigenvalue weighted by atomic mass is 16.5. The predicted octanol–water partition coefficient (Wildman–Crippen LogP) is 3.58. The van der Waals surface area contributed by atoms with E-state index in [9.17, 15) is 0 Å². The van der Waals surface area contributed by atoms with Gasteiger partial charge in [0.05, 0.1) is 20.3 Å². The van der Waals surface area contributed by atoms with Crippen LogP contribution in [0.2, 0.25) is 0 Å². The Kier molecular flexibility index (Phi) is 5.23. The first-order valence-electron chi connectivity index (χ1n) is 7.21. The lowest BCUT2D eigenvalue weighted by Gasteiger charge is -2.19. The molecule has 1 N–H and O–H groups in total. The average Bonchev–Trinajstić information content (AvgIpc) is 2.56. The molecule has 112 valence electrons. The summed E-state index contributed by atoms with van der Waals surface area (Å²) in [5, 5.41) is 3.36. The van der Waals surface area contributed by atoms with Gasteiger partial charge in [-0.2, -0.15) is 0 Å². The minimum atomic E-state index is 0.135. The lowest BCUT2D eigenvalue weighted by Crippen LogP contribution is -2.17. The van der Waals surface area contributed by atoms with E-state index in [2.05, 4.69) is 42.6 Å². The van der Waals surface area contributed by atoms with E-state index in [4.69, 9.17) is 9.47 Å². The van der Waals surface area contributed by atoms with Crippen LogP contribution >= 0.6 is 0 Å². The summed E-state index contributed by atoms with van der Waals surface area (Å²) in [7, 11) is 5.28. The van der Waals surface area contributed by atoms with E-state index in [1.54, 1.807) is 14.2 Å². The lowest BCUT2D eigenvalue weighted by atomic mass is 9.97. The van der Waals surface area contributed by atoms with Crippen LogP contribution in [-0.4, -0.2) is 21.3 Å². The first-order valence-corrected chi connectivity index (χ1v) is 7.21. The van der Waals surface area contributed by atoms with Gasteiger partial charge in [-0.15, -0.1) is 0 Å². The largest absolute Gasteiger partial charge is 0.493 e. The Balaban J connectivity index is 2.35. The third-order valence-electron chi connectivity index (χ3n) is 3.75. The third kappa shape index (κ3) is 3.37. The van der Waals surface area contributed by atoms with Gasteiger partial charge in [0.15, 0.2) is 11.5 Å². The smallest absolute Gasteiger partial charge is 0.161 e. The number of rotatable bonds is 6. The van der Waals surface area contributed by atoms with Crippen molar-refractivity contribution in [2.75, 3.05) is 21.3 Å². The number of aryl methyl sites for hydroxylation is 1. The van der Waals surface area contributed by atoms with Gasteiger partial charge in [-0.1, -0.05) is 37.3 Å². The van der Waals surface area contributed by atoms with E-state index < -0.39 is 0 Å². The highest BCUT2D eigenvalue weighted by Crippen LogP contribution is 2.32. The van der Waals surface area contributed by atoms with Crippen molar-refractivity contribution in [1.82, 2.24) is 5.32 Å². The van der Waals surface area contributed by atoms with Crippen LogP contribution in [0.5, 0.6) is 11.5 Å². The molecule has 0 saturated carbocycles. The number of hydrogen-bond acceptors (Lipinski definition) is 3. The fraction of sp³-hybridized carbons (Fsp3) is 0.333. The van der Waals surface area contributed by atoms with Crippen LogP contribution in [0.15, 0.2) is 42.5 Å². The molecule has 0 radical (unpaired) electrons. The van der Waals surface area contributed by atoms with Gasteiger partial charge in [-0.3, -0.25) is 0 Å². The molecule has 2 aromatic carbocycles. The molecule has 1 unspecified atom stereocenters. The molecule has 0 aliphatic rings. The van der Waals surface area contributed by atoms with Gasteiger partial charge in [0.1, 0.15) is 0 Å². The van der Waals surface area contributed by atoms with Gasteiger partial charge < -0.3 is 14.8 Å². The fourth-order valence-electron chi connectivity index (χ4n) is 2.50. The molecule has 0 spiro atoms. The molecule has 2 aromatic rings. The quantitative estimate of drug-likeness (QED) is 0.880. The van der Waals surface area contributed by atoms with Crippen molar-refractivity contribution in [3.05, 3.63) is 59.2 Å². The van der Waals surface area contributed by atoms with Crippen molar-refractivity contribution in [1.29, 1.82) is 0 Å². The van der Waals surface area contributed by atoms with Crippen molar-refractivity contribution in [3.63, 3.8) is 0 Å². The van der Waals surface area contributed by atoms with E-state index in [0.29, 0.717) is 0 Å². The van der Waals surface area contributed by atoms with Crippen molar-refractivity contribution in [2.45, 2.75) is 19.4 Å². The first-order chi connectivity index (χ1) is 10.2. The van der Waals surface area contributed by atoms with Gasteiger partial charge in [-0.05, 0) is 42.3 Å². The van der Waals surface area contributed by atoms with Gasteiger partial charge in [0.25, 0.3) is 0 Å². The summed E-state index contributed by atoms with van der Waals surface area (Å²) < 4.78 is 10.7. The van der Waals surface area contributed by atoms with E-state index in [1.165, 1.54) is 11.1 Å². The van der Waals surface area contributed by atoms with E-state index in [-0.39, 0.29) is 6.04 Å². The molecular weight excluding hydrogens is 262 g/mol. The molecule has 0 aliphatic carbocycles. The van der Waals surface area contributed by atoms with Crippen LogP contribution in [0.3, 0.4) is 0 Å². The second-order valence-corrected chi connectivity index (χ2v) is 4.93. The van der Waals surface area contributed by atoms with E-state index in [0.717, 1.165) is 23.5 Å². The molecule has 2 rings (SSSR count).